The van der Waals surface area contributed by atoms with Crippen LogP contribution in [-0.4, -0.2) is 31.8 Å². The van der Waals surface area contributed by atoms with Crippen LogP contribution in [0.1, 0.15) is 17.9 Å². The third-order valence-electron chi connectivity index (χ3n) is 4.03. The Morgan fingerprint density at radius 3 is 2.87 bits per heavy atom. The smallest absolute Gasteiger partial charge is 0.221 e. The van der Waals surface area contributed by atoms with Crippen molar-refractivity contribution in [1.29, 1.82) is 0 Å². The Labute approximate surface area is 135 Å². The Balaban J connectivity index is 1.52. The van der Waals surface area contributed by atoms with Gasteiger partial charge in [-0.05, 0) is 25.1 Å². The first-order chi connectivity index (χ1) is 11.1. The predicted octanol–water partition coefficient (Wildman–Crippen LogP) is 1.83. The van der Waals surface area contributed by atoms with Gasteiger partial charge in [0.25, 0.3) is 0 Å². The second-order valence-corrected chi connectivity index (χ2v) is 5.60. The van der Waals surface area contributed by atoms with Crippen molar-refractivity contribution in [2.24, 2.45) is 7.05 Å². The van der Waals surface area contributed by atoms with E-state index < -0.39 is 0 Å². The molecule has 3 aromatic rings. The van der Waals surface area contributed by atoms with Crippen LogP contribution in [0.25, 0.3) is 11.0 Å². The molecule has 0 radical (unpaired) electrons. The molecule has 0 aliphatic rings. The molecule has 0 unspecified atom stereocenters. The van der Waals surface area contributed by atoms with Gasteiger partial charge in [-0.3, -0.25) is 9.48 Å². The van der Waals surface area contributed by atoms with Gasteiger partial charge >= 0.3 is 0 Å². The number of aryl methyl sites for hydroxylation is 3. The number of amides is 1. The topological polar surface area (TPSA) is 64.7 Å². The van der Waals surface area contributed by atoms with Crippen molar-refractivity contribution >= 4 is 16.9 Å². The summed E-state index contributed by atoms with van der Waals surface area (Å²) in [4.78, 5) is 16.5. The summed E-state index contributed by atoms with van der Waals surface area (Å²) in [5, 5.41) is 7.08. The highest BCUT2D eigenvalue weighted by atomic mass is 16.1. The minimum atomic E-state index is 0.0596. The van der Waals surface area contributed by atoms with Crippen molar-refractivity contribution in [3.63, 3.8) is 0 Å². The van der Waals surface area contributed by atoms with Crippen LogP contribution >= 0.6 is 0 Å². The average molecular weight is 311 g/mol. The van der Waals surface area contributed by atoms with E-state index in [2.05, 4.69) is 20.0 Å². The van der Waals surface area contributed by atoms with Gasteiger partial charge in [0.05, 0.1) is 11.0 Å². The Hall–Kier alpha value is -2.63. The molecule has 0 aliphatic carbocycles. The third kappa shape index (κ3) is 3.41. The zero-order valence-electron chi connectivity index (χ0n) is 13.5. The maximum Gasteiger partial charge on any atom is 0.221 e. The van der Waals surface area contributed by atoms with E-state index in [0.717, 1.165) is 29.0 Å². The van der Waals surface area contributed by atoms with Gasteiger partial charge in [-0.15, -0.1) is 0 Å². The average Bonchev–Trinajstić information content (AvgIpc) is 3.08. The molecule has 0 atom stereocenters. The second kappa shape index (κ2) is 6.64. The van der Waals surface area contributed by atoms with Crippen LogP contribution in [0.3, 0.4) is 0 Å². The number of nitrogens with one attached hydrogen (secondary N) is 1. The molecule has 2 heterocycles. The van der Waals surface area contributed by atoms with Crippen molar-refractivity contribution in [1.82, 2.24) is 24.6 Å². The fraction of sp³-hybridized carbons (Fsp3) is 0.353. The molecule has 3 rings (SSSR count). The molecule has 0 aliphatic heterocycles. The fourth-order valence-electron chi connectivity index (χ4n) is 2.76. The lowest BCUT2D eigenvalue weighted by molar-refractivity contribution is -0.121. The first-order valence-electron chi connectivity index (χ1n) is 7.80. The van der Waals surface area contributed by atoms with E-state index in [-0.39, 0.29) is 5.91 Å². The molecule has 1 amide bonds. The van der Waals surface area contributed by atoms with Crippen LogP contribution < -0.4 is 5.32 Å². The molecule has 0 saturated carbocycles. The maximum absolute atomic E-state index is 12.0. The van der Waals surface area contributed by atoms with Gasteiger partial charge in [-0.1, -0.05) is 12.1 Å². The maximum atomic E-state index is 12.0. The number of hydrogen-bond acceptors (Lipinski definition) is 3. The van der Waals surface area contributed by atoms with Crippen LogP contribution in [0.15, 0.2) is 36.5 Å². The summed E-state index contributed by atoms with van der Waals surface area (Å²) in [7, 11) is 1.91. The molecule has 0 fully saturated rings. The molecular weight excluding hydrogens is 290 g/mol. The fourth-order valence-corrected chi connectivity index (χ4v) is 2.76. The molecule has 2 aromatic heterocycles. The highest BCUT2D eigenvalue weighted by Gasteiger charge is 2.09. The highest BCUT2D eigenvalue weighted by Crippen LogP contribution is 2.15. The zero-order valence-corrected chi connectivity index (χ0v) is 13.5. The van der Waals surface area contributed by atoms with E-state index in [1.165, 1.54) is 0 Å². The number of rotatable bonds is 6. The molecule has 0 spiro atoms. The van der Waals surface area contributed by atoms with Crippen molar-refractivity contribution in [2.75, 3.05) is 6.54 Å². The van der Waals surface area contributed by atoms with E-state index >= 15 is 0 Å². The normalized spacial score (nSPS) is 11.0. The molecule has 1 N–H and O–H groups in total. The van der Waals surface area contributed by atoms with E-state index in [4.69, 9.17) is 0 Å². The first-order valence-corrected chi connectivity index (χ1v) is 7.80. The molecule has 6 nitrogen and oxygen atoms in total. The number of para-hydroxylation sites is 2. The van der Waals surface area contributed by atoms with Crippen LogP contribution in [0.2, 0.25) is 0 Å². The lowest BCUT2D eigenvalue weighted by Crippen LogP contribution is -2.27. The summed E-state index contributed by atoms with van der Waals surface area (Å²) < 4.78 is 3.92. The highest BCUT2D eigenvalue weighted by molar-refractivity contribution is 5.77. The predicted molar refractivity (Wildman–Crippen MR) is 89.0 cm³/mol. The SMILES string of the molecule is Cc1nc2ccccc2n1CCC(=O)NCCc1ccnn1C. The van der Waals surface area contributed by atoms with E-state index in [1.807, 2.05) is 49.0 Å². The quantitative estimate of drug-likeness (QED) is 0.755. The lowest BCUT2D eigenvalue weighted by Gasteiger charge is -2.08. The number of nitrogens with zero attached hydrogens (tertiary/aromatic N) is 4. The Kier molecular flexibility index (Phi) is 4.41. The van der Waals surface area contributed by atoms with Crippen LogP contribution in [-0.2, 0) is 24.8 Å². The van der Waals surface area contributed by atoms with Crippen molar-refractivity contribution in [3.8, 4) is 0 Å². The minimum Gasteiger partial charge on any atom is -0.356 e. The van der Waals surface area contributed by atoms with E-state index in [0.29, 0.717) is 19.5 Å². The van der Waals surface area contributed by atoms with Gasteiger partial charge in [-0.2, -0.15) is 5.10 Å². The van der Waals surface area contributed by atoms with Crippen LogP contribution in [0.4, 0.5) is 0 Å². The first kappa shape index (κ1) is 15.3. The van der Waals surface area contributed by atoms with Crippen LogP contribution in [0.5, 0.6) is 0 Å². The van der Waals surface area contributed by atoms with Gasteiger partial charge in [0.1, 0.15) is 5.82 Å². The minimum absolute atomic E-state index is 0.0596. The number of aromatic nitrogens is 4. The van der Waals surface area contributed by atoms with Crippen molar-refractivity contribution < 1.29 is 4.79 Å². The summed E-state index contributed by atoms with van der Waals surface area (Å²) in [6.07, 6.45) is 3.01. The van der Waals surface area contributed by atoms with Gasteiger partial charge < -0.3 is 9.88 Å². The van der Waals surface area contributed by atoms with Crippen LogP contribution in [0, 0.1) is 6.92 Å². The number of carbonyl (C=O) groups is 1. The number of hydrogen-bond donors (Lipinski definition) is 1. The second-order valence-electron chi connectivity index (χ2n) is 5.60. The zero-order chi connectivity index (χ0) is 16.2. The molecule has 23 heavy (non-hydrogen) atoms. The summed E-state index contributed by atoms with van der Waals surface area (Å²) in [5.74, 6) is 0.998. The molecule has 1 aromatic carbocycles. The third-order valence-corrected chi connectivity index (χ3v) is 4.03. The van der Waals surface area contributed by atoms with Gasteiger partial charge in [0, 0.05) is 44.9 Å². The molecular formula is C17H21N5O. The largest absolute Gasteiger partial charge is 0.356 e. The van der Waals surface area contributed by atoms with E-state index in [1.54, 1.807) is 6.20 Å². The number of fused-ring (bicyclic) bond motifs is 1. The van der Waals surface area contributed by atoms with Gasteiger partial charge in [0.15, 0.2) is 0 Å². The molecule has 0 saturated heterocycles. The lowest BCUT2D eigenvalue weighted by atomic mass is 10.3. The monoisotopic (exact) mass is 311 g/mol. The Morgan fingerprint density at radius 1 is 1.26 bits per heavy atom. The summed E-state index contributed by atoms with van der Waals surface area (Å²) in [5.41, 5.74) is 3.16. The molecule has 6 heteroatoms. The molecule has 0 bridgehead atoms. The Bertz CT molecular complexity index is 817. The number of benzene rings is 1. The van der Waals surface area contributed by atoms with Crippen molar-refractivity contribution in [2.45, 2.75) is 26.3 Å². The number of carbonyl (C=O) groups excluding carboxylic acids is 1. The van der Waals surface area contributed by atoms with Gasteiger partial charge in [-0.25, -0.2) is 4.98 Å². The summed E-state index contributed by atoms with van der Waals surface area (Å²) in [6, 6.07) is 9.97. The number of imidazole rings is 1. The summed E-state index contributed by atoms with van der Waals surface area (Å²) in [6.45, 7) is 3.24. The molecule has 120 valence electrons. The van der Waals surface area contributed by atoms with Gasteiger partial charge in [0.2, 0.25) is 5.91 Å². The Morgan fingerprint density at radius 2 is 2.09 bits per heavy atom. The summed E-state index contributed by atoms with van der Waals surface area (Å²) >= 11 is 0. The van der Waals surface area contributed by atoms with Crippen molar-refractivity contribution in [3.05, 3.63) is 48.0 Å². The van der Waals surface area contributed by atoms with E-state index in [9.17, 15) is 4.79 Å². The standard InChI is InChI=1S/C17H21N5O/c1-13-20-15-5-3-4-6-16(15)22(13)12-9-17(23)18-10-7-14-8-11-19-21(14)2/h3-6,8,11H,7,9-10,12H2,1-2H3,(H,18,23).